The summed E-state index contributed by atoms with van der Waals surface area (Å²) < 4.78 is 8.13. The van der Waals surface area contributed by atoms with Crippen molar-refractivity contribution in [3.05, 3.63) is 40.6 Å². The molecule has 1 unspecified atom stereocenters. The maximum Gasteiger partial charge on any atom is 0.320 e. The number of hydrogen-bond acceptors (Lipinski definition) is 5. The zero-order chi connectivity index (χ0) is 15.2. The molecule has 112 valence electrons. The van der Waals surface area contributed by atoms with Gasteiger partial charge in [-0.25, -0.2) is 4.68 Å². The average Bonchev–Trinajstić information content (AvgIpc) is 2.86. The number of rotatable bonds is 7. The van der Waals surface area contributed by atoms with Gasteiger partial charge in [0.15, 0.2) is 0 Å². The van der Waals surface area contributed by atoms with E-state index in [1.807, 2.05) is 24.3 Å². The first-order chi connectivity index (χ1) is 10.0. The number of hydrogen-bond donors (Lipinski definition) is 2. The topological polar surface area (TPSA) is 103 Å². The molecule has 21 heavy (non-hydrogen) atoms. The van der Waals surface area contributed by atoms with Gasteiger partial charge in [-0.3, -0.25) is 4.79 Å². The van der Waals surface area contributed by atoms with Crippen LogP contribution in [-0.4, -0.2) is 38.7 Å². The molecule has 1 aromatic heterocycles. The van der Waals surface area contributed by atoms with Crippen molar-refractivity contribution in [1.29, 1.82) is 0 Å². The third-order valence-electron chi connectivity index (χ3n) is 2.72. The van der Waals surface area contributed by atoms with E-state index >= 15 is 0 Å². The van der Waals surface area contributed by atoms with Crippen LogP contribution in [0.1, 0.15) is 5.69 Å². The molecule has 7 nitrogen and oxygen atoms in total. The highest BCUT2D eigenvalue weighted by atomic mass is 79.9. The molecule has 0 amide bonds. The Morgan fingerprint density at radius 3 is 3.05 bits per heavy atom. The van der Waals surface area contributed by atoms with Crippen molar-refractivity contribution < 1.29 is 14.6 Å². The minimum atomic E-state index is -1.05. The molecular formula is C13H15BrN4O3. The summed E-state index contributed by atoms with van der Waals surface area (Å²) in [6.45, 7) is 0.950. The highest BCUT2D eigenvalue weighted by Gasteiger charge is 2.14. The Hall–Kier alpha value is -1.93. The molecule has 0 saturated heterocycles. The maximum atomic E-state index is 10.7. The number of carboxylic acids is 1. The van der Waals surface area contributed by atoms with Gasteiger partial charge in [-0.15, -0.1) is 5.10 Å². The molecule has 1 aromatic carbocycles. The summed E-state index contributed by atoms with van der Waals surface area (Å²) >= 11 is 3.37. The average molecular weight is 355 g/mol. The highest BCUT2D eigenvalue weighted by Crippen LogP contribution is 2.17. The van der Waals surface area contributed by atoms with E-state index in [-0.39, 0.29) is 6.42 Å². The van der Waals surface area contributed by atoms with Gasteiger partial charge in [0, 0.05) is 17.1 Å². The summed E-state index contributed by atoms with van der Waals surface area (Å²) in [5.41, 5.74) is 5.99. The third kappa shape index (κ3) is 4.83. The number of benzene rings is 1. The monoisotopic (exact) mass is 354 g/mol. The van der Waals surface area contributed by atoms with E-state index in [4.69, 9.17) is 15.6 Å². The number of nitrogens with zero attached hydrogens (tertiary/aromatic N) is 3. The highest BCUT2D eigenvalue weighted by molar-refractivity contribution is 9.10. The molecule has 1 atom stereocenters. The first-order valence-electron chi connectivity index (χ1n) is 6.30. The number of halogens is 1. The lowest BCUT2D eigenvalue weighted by Crippen LogP contribution is -2.32. The van der Waals surface area contributed by atoms with Crippen molar-refractivity contribution in [3.8, 4) is 5.75 Å². The Morgan fingerprint density at radius 1 is 1.52 bits per heavy atom. The summed E-state index contributed by atoms with van der Waals surface area (Å²) in [4.78, 5) is 10.7. The first kappa shape index (κ1) is 15.5. The van der Waals surface area contributed by atoms with Crippen LogP contribution in [0.2, 0.25) is 0 Å². The molecule has 3 N–H and O–H groups in total. The van der Waals surface area contributed by atoms with Crippen molar-refractivity contribution in [1.82, 2.24) is 15.0 Å². The predicted molar refractivity (Wildman–Crippen MR) is 79.0 cm³/mol. The summed E-state index contributed by atoms with van der Waals surface area (Å²) in [5.74, 6) is -0.292. The van der Waals surface area contributed by atoms with Crippen molar-refractivity contribution in [3.63, 3.8) is 0 Å². The van der Waals surface area contributed by atoms with Crippen LogP contribution in [0, 0.1) is 0 Å². The lowest BCUT2D eigenvalue weighted by atomic mass is 10.2. The smallest absolute Gasteiger partial charge is 0.320 e. The van der Waals surface area contributed by atoms with Gasteiger partial charge >= 0.3 is 5.97 Å². The van der Waals surface area contributed by atoms with Crippen LogP contribution in [0.25, 0.3) is 0 Å². The van der Waals surface area contributed by atoms with Gasteiger partial charge < -0.3 is 15.6 Å². The van der Waals surface area contributed by atoms with Crippen molar-refractivity contribution in [2.24, 2.45) is 5.73 Å². The molecule has 0 bridgehead atoms. The number of aromatic nitrogens is 3. The molecule has 8 heteroatoms. The van der Waals surface area contributed by atoms with E-state index < -0.39 is 12.0 Å². The van der Waals surface area contributed by atoms with Crippen LogP contribution >= 0.6 is 15.9 Å². The fraction of sp³-hybridized carbons (Fsp3) is 0.308. The van der Waals surface area contributed by atoms with E-state index in [2.05, 4.69) is 26.2 Å². The summed E-state index contributed by atoms with van der Waals surface area (Å²) in [6, 6.07) is 6.58. The van der Waals surface area contributed by atoms with E-state index in [0.717, 1.165) is 10.2 Å². The molecule has 0 aliphatic heterocycles. The van der Waals surface area contributed by atoms with Crippen LogP contribution in [0.4, 0.5) is 0 Å². The van der Waals surface area contributed by atoms with E-state index in [0.29, 0.717) is 18.8 Å². The molecule has 0 saturated carbocycles. The zero-order valence-corrected chi connectivity index (χ0v) is 12.7. The molecule has 0 spiro atoms. The quantitative estimate of drug-likeness (QED) is 0.770. The molecule has 2 aromatic rings. The second-order valence-electron chi connectivity index (χ2n) is 4.43. The van der Waals surface area contributed by atoms with Crippen LogP contribution < -0.4 is 10.5 Å². The van der Waals surface area contributed by atoms with Crippen molar-refractivity contribution in [2.45, 2.75) is 19.0 Å². The van der Waals surface area contributed by atoms with Gasteiger partial charge in [0.25, 0.3) is 0 Å². The second kappa shape index (κ2) is 7.19. The molecule has 2 rings (SSSR count). The lowest BCUT2D eigenvalue weighted by Gasteiger charge is -2.06. The third-order valence-corrected chi connectivity index (χ3v) is 3.21. The molecule has 0 fully saturated rings. The van der Waals surface area contributed by atoms with E-state index in [9.17, 15) is 4.79 Å². The van der Waals surface area contributed by atoms with Crippen LogP contribution in [-0.2, 0) is 17.8 Å². The molecular weight excluding hydrogens is 340 g/mol. The summed E-state index contributed by atoms with van der Waals surface area (Å²) in [6.07, 6.45) is 1.83. The lowest BCUT2D eigenvalue weighted by molar-refractivity contribution is -0.138. The molecule has 0 aliphatic rings. The second-order valence-corrected chi connectivity index (χ2v) is 5.34. The van der Waals surface area contributed by atoms with Gasteiger partial charge in [-0.05, 0) is 18.2 Å². The number of carboxylic acid groups (broad SMARTS) is 1. The van der Waals surface area contributed by atoms with Gasteiger partial charge in [-0.1, -0.05) is 27.2 Å². The van der Waals surface area contributed by atoms with Gasteiger partial charge in [0.2, 0.25) is 0 Å². The summed E-state index contributed by atoms with van der Waals surface area (Å²) in [7, 11) is 0. The standard InChI is InChI=1S/C13H15BrN4O3/c14-9-2-1-3-11(6-9)21-5-4-18-8-10(16-17-18)7-12(15)13(19)20/h1-3,6,8,12H,4-5,7,15H2,(H,19,20). The Morgan fingerprint density at radius 2 is 2.33 bits per heavy atom. The fourth-order valence-electron chi connectivity index (χ4n) is 1.67. The number of ether oxygens (including phenoxy) is 1. The van der Waals surface area contributed by atoms with E-state index in [1.54, 1.807) is 10.9 Å². The molecule has 1 heterocycles. The van der Waals surface area contributed by atoms with E-state index in [1.165, 1.54) is 0 Å². The summed E-state index contributed by atoms with van der Waals surface area (Å²) in [5, 5.41) is 16.5. The number of carbonyl (C=O) groups is 1. The Kier molecular flexibility index (Phi) is 5.29. The predicted octanol–water partition coefficient (Wildman–Crippen LogP) is 1.07. The van der Waals surface area contributed by atoms with Crippen LogP contribution in [0.15, 0.2) is 34.9 Å². The largest absolute Gasteiger partial charge is 0.492 e. The zero-order valence-electron chi connectivity index (χ0n) is 11.1. The van der Waals surface area contributed by atoms with Crippen molar-refractivity contribution >= 4 is 21.9 Å². The number of aliphatic carboxylic acids is 1. The molecule has 0 radical (unpaired) electrons. The minimum Gasteiger partial charge on any atom is -0.492 e. The Labute approximate surface area is 129 Å². The van der Waals surface area contributed by atoms with Gasteiger partial charge in [-0.2, -0.15) is 0 Å². The maximum absolute atomic E-state index is 10.7. The van der Waals surface area contributed by atoms with Crippen LogP contribution in [0.3, 0.4) is 0 Å². The first-order valence-corrected chi connectivity index (χ1v) is 7.09. The minimum absolute atomic E-state index is 0.155. The normalized spacial score (nSPS) is 12.1. The number of nitrogens with two attached hydrogens (primary N) is 1. The Balaban J connectivity index is 1.81. The SMILES string of the molecule is NC(Cc1cn(CCOc2cccc(Br)c2)nn1)C(=O)O. The van der Waals surface area contributed by atoms with Crippen LogP contribution in [0.5, 0.6) is 5.75 Å². The Bertz CT molecular complexity index is 617. The van der Waals surface area contributed by atoms with Gasteiger partial charge in [0.05, 0.1) is 12.2 Å². The van der Waals surface area contributed by atoms with Gasteiger partial charge in [0.1, 0.15) is 18.4 Å². The van der Waals surface area contributed by atoms with Crippen molar-refractivity contribution in [2.75, 3.05) is 6.61 Å². The fourth-order valence-corrected chi connectivity index (χ4v) is 2.05. The molecule has 0 aliphatic carbocycles.